The summed E-state index contributed by atoms with van der Waals surface area (Å²) >= 11 is 5.81. The monoisotopic (exact) mass is 316 g/mol. The molecule has 1 N–H and O–H groups in total. The van der Waals surface area contributed by atoms with Crippen LogP contribution in [-0.2, 0) is 6.18 Å². The van der Waals surface area contributed by atoms with Gasteiger partial charge in [-0.15, -0.1) is 0 Å². The molecule has 1 atom stereocenters. The van der Waals surface area contributed by atoms with Crippen molar-refractivity contribution in [2.45, 2.75) is 12.3 Å². The smallest absolute Gasteiger partial charge is 0.416 e. The summed E-state index contributed by atoms with van der Waals surface area (Å²) in [5.74, 6) is 0.229. The Labute approximate surface area is 124 Å². The van der Waals surface area contributed by atoms with Crippen molar-refractivity contribution < 1.29 is 23.0 Å². The molecule has 0 aliphatic heterocycles. The number of aliphatic hydroxyl groups excluding tert-OH is 1. The third-order valence-electron chi connectivity index (χ3n) is 3.05. The summed E-state index contributed by atoms with van der Waals surface area (Å²) in [5, 5.41) is 10.7. The first-order valence-corrected chi connectivity index (χ1v) is 6.40. The quantitative estimate of drug-likeness (QED) is 0.906. The van der Waals surface area contributed by atoms with E-state index in [0.29, 0.717) is 5.02 Å². The van der Waals surface area contributed by atoms with Crippen LogP contribution < -0.4 is 4.74 Å². The SMILES string of the molecule is COc1cc(Cl)ccc1C(O)c1ccccc1C(F)(F)F. The minimum absolute atomic E-state index is 0.221. The molecule has 0 aromatic heterocycles. The van der Waals surface area contributed by atoms with Crippen molar-refractivity contribution in [3.63, 3.8) is 0 Å². The van der Waals surface area contributed by atoms with E-state index in [2.05, 4.69) is 0 Å². The number of alkyl halides is 3. The number of hydrogen-bond acceptors (Lipinski definition) is 2. The fourth-order valence-electron chi connectivity index (χ4n) is 2.07. The highest BCUT2D eigenvalue weighted by molar-refractivity contribution is 6.30. The molecule has 0 aliphatic carbocycles. The Morgan fingerprint density at radius 1 is 1.10 bits per heavy atom. The largest absolute Gasteiger partial charge is 0.496 e. The van der Waals surface area contributed by atoms with E-state index in [4.69, 9.17) is 16.3 Å². The van der Waals surface area contributed by atoms with Crippen LogP contribution in [0.5, 0.6) is 5.75 Å². The Morgan fingerprint density at radius 3 is 2.38 bits per heavy atom. The van der Waals surface area contributed by atoms with Crippen LogP contribution in [0.25, 0.3) is 0 Å². The van der Waals surface area contributed by atoms with Crippen molar-refractivity contribution in [1.82, 2.24) is 0 Å². The van der Waals surface area contributed by atoms with Gasteiger partial charge in [0.25, 0.3) is 0 Å². The number of methoxy groups -OCH3 is 1. The van der Waals surface area contributed by atoms with Gasteiger partial charge in [-0.1, -0.05) is 35.9 Å². The average molecular weight is 317 g/mol. The maximum Gasteiger partial charge on any atom is 0.416 e. The van der Waals surface area contributed by atoms with E-state index >= 15 is 0 Å². The topological polar surface area (TPSA) is 29.5 Å². The second-order valence-corrected chi connectivity index (χ2v) is 4.81. The zero-order valence-electron chi connectivity index (χ0n) is 11.0. The lowest BCUT2D eigenvalue weighted by Gasteiger charge is -2.19. The van der Waals surface area contributed by atoms with Crippen molar-refractivity contribution in [3.8, 4) is 5.75 Å². The van der Waals surface area contributed by atoms with Gasteiger partial charge in [-0.05, 0) is 23.8 Å². The van der Waals surface area contributed by atoms with Crippen molar-refractivity contribution in [3.05, 3.63) is 64.2 Å². The number of hydrogen-bond donors (Lipinski definition) is 1. The maximum atomic E-state index is 13.0. The summed E-state index contributed by atoms with van der Waals surface area (Å²) < 4.78 is 44.1. The molecule has 0 bridgehead atoms. The molecule has 0 spiro atoms. The van der Waals surface area contributed by atoms with Crippen LogP contribution in [0, 0.1) is 0 Å². The molecule has 0 aliphatic rings. The van der Waals surface area contributed by atoms with Crippen LogP contribution in [0.1, 0.15) is 22.8 Å². The molecule has 2 nitrogen and oxygen atoms in total. The van der Waals surface area contributed by atoms with E-state index in [9.17, 15) is 18.3 Å². The highest BCUT2D eigenvalue weighted by Gasteiger charge is 2.35. The van der Waals surface area contributed by atoms with Crippen molar-refractivity contribution in [2.75, 3.05) is 7.11 Å². The first kappa shape index (κ1) is 15.7. The highest BCUT2D eigenvalue weighted by atomic mass is 35.5. The Morgan fingerprint density at radius 2 is 1.76 bits per heavy atom. The average Bonchev–Trinajstić information content (AvgIpc) is 2.45. The predicted octanol–water partition coefficient (Wildman–Crippen LogP) is 4.45. The summed E-state index contributed by atoms with van der Waals surface area (Å²) in [6, 6.07) is 9.25. The number of halogens is 4. The van der Waals surface area contributed by atoms with Crippen LogP contribution in [0.3, 0.4) is 0 Å². The van der Waals surface area contributed by atoms with Crippen LogP contribution in [0.15, 0.2) is 42.5 Å². The lowest BCUT2D eigenvalue weighted by molar-refractivity contribution is -0.139. The van der Waals surface area contributed by atoms with Gasteiger partial charge < -0.3 is 9.84 Å². The fourth-order valence-corrected chi connectivity index (χ4v) is 2.23. The molecule has 0 radical (unpaired) electrons. The number of aliphatic hydroxyl groups is 1. The molecule has 2 rings (SSSR count). The van der Waals surface area contributed by atoms with Gasteiger partial charge in [-0.25, -0.2) is 0 Å². The lowest BCUT2D eigenvalue weighted by atomic mass is 9.96. The molecular formula is C15H12ClF3O2. The van der Waals surface area contributed by atoms with E-state index in [1.165, 1.54) is 43.5 Å². The van der Waals surface area contributed by atoms with Crippen LogP contribution in [0.2, 0.25) is 5.02 Å². The number of ether oxygens (including phenoxy) is 1. The third-order valence-corrected chi connectivity index (χ3v) is 3.29. The summed E-state index contributed by atoms with van der Waals surface area (Å²) in [6.07, 6.45) is -6.01. The Kier molecular flexibility index (Phi) is 4.44. The second kappa shape index (κ2) is 5.95. The van der Waals surface area contributed by atoms with Crippen molar-refractivity contribution >= 4 is 11.6 Å². The summed E-state index contributed by atoms with van der Waals surface area (Å²) in [4.78, 5) is 0. The Bertz CT molecular complexity index is 641. The standard InChI is InChI=1S/C15H12ClF3O2/c1-21-13-8-9(16)6-7-11(13)14(20)10-4-2-3-5-12(10)15(17,18)19/h2-8,14,20H,1H3. The molecule has 0 fully saturated rings. The molecule has 0 saturated carbocycles. The summed E-state index contributed by atoms with van der Waals surface area (Å²) in [6.45, 7) is 0. The molecule has 0 saturated heterocycles. The normalized spacial score (nSPS) is 13.0. The fraction of sp³-hybridized carbons (Fsp3) is 0.200. The van der Waals surface area contributed by atoms with Gasteiger partial charge in [0.05, 0.1) is 12.7 Å². The first-order chi connectivity index (χ1) is 9.84. The molecule has 112 valence electrons. The minimum atomic E-state index is -4.54. The van der Waals surface area contributed by atoms with E-state index in [-0.39, 0.29) is 16.9 Å². The van der Waals surface area contributed by atoms with Gasteiger partial charge in [0, 0.05) is 10.6 Å². The summed E-state index contributed by atoms with van der Waals surface area (Å²) in [5.41, 5.74) is -0.890. The Balaban J connectivity index is 2.53. The van der Waals surface area contributed by atoms with Crippen LogP contribution in [0.4, 0.5) is 13.2 Å². The zero-order valence-corrected chi connectivity index (χ0v) is 11.7. The molecular weight excluding hydrogens is 305 g/mol. The lowest BCUT2D eigenvalue weighted by Crippen LogP contribution is -2.13. The van der Waals surface area contributed by atoms with Crippen molar-refractivity contribution in [2.24, 2.45) is 0 Å². The van der Waals surface area contributed by atoms with E-state index in [1.54, 1.807) is 0 Å². The zero-order chi connectivity index (χ0) is 15.6. The molecule has 6 heteroatoms. The van der Waals surface area contributed by atoms with Gasteiger partial charge in [0.1, 0.15) is 11.9 Å². The second-order valence-electron chi connectivity index (χ2n) is 4.37. The number of benzene rings is 2. The summed E-state index contributed by atoms with van der Waals surface area (Å²) in [7, 11) is 1.36. The molecule has 21 heavy (non-hydrogen) atoms. The van der Waals surface area contributed by atoms with E-state index in [0.717, 1.165) is 6.07 Å². The van der Waals surface area contributed by atoms with E-state index < -0.39 is 17.8 Å². The minimum Gasteiger partial charge on any atom is -0.496 e. The number of rotatable bonds is 3. The van der Waals surface area contributed by atoms with Crippen molar-refractivity contribution in [1.29, 1.82) is 0 Å². The molecule has 0 heterocycles. The first-order valence-electron chi connectivity index (χ1n) is 6.02. The van der Waals surface area contributed by atoms with E-state index in [1.807, 2.05) is 0 Å². The maximum absolute atomic E-state index is 13.0. The van der Waals surface area contributed by atoms with Gasteiger partial charge >= 0.3 is 6.18 Å². The molecule has 2 aromatic carbocycles. The third kappa shape index (κ3) is 3.31. The molecule has 0 amide bonds. The molecule has 1 unspecified atom stereocenters. The predicted molar refractivity (Wildman–Crippen MR) is 73.5 cm³/mol. The van der Waals surface area contributed by atoms with Crippen LogP contribution >= 0.6 is 11.6 Å². The Hall–Kier alpha value is -1.72. The van der Waals surface area contributed by atoms with Gasteiger partial charge in [0.15, 0.2) is 0 Å². The van der Waals surface area contributed by atoms with Crippen LogP contribution in [-0.4, -0.2) is 12.2 Å². The van der Waals surface area contributed by atoms with Gasteiger partial charge in [-0.2, -0.15) is 13.2 Å². The molecule has 2 aromatic rings. The highest BCUT2D eigenvalue weighted by Crippen LogP contribution is 2.39. The van der Waals surface area contributed by atoms with Gasteiger partial charge in [-0.3, -0.25) is 0 Å². The van der Waals surface area contributed by atoms with Gasteiger partial charge in [0.2, 0.25) is 0 Å².